The summed E-state index contributed by atoms with van der Waals surface area (Å²) in [5.41, 5.74) is 2.91. The zero-order chi connectivity index (χ0) is 12.7. The van der Waals surface area contributed by atoms with E-state index < -0.39 is 0 Å². The number of nitriles is 1. The number of hydrogen-bond donors (Lipinski definition) is 0. The van der Waals surface area contributed by atoms with Gasteiger partial charge in [0.05, 0.1) is 12.0 Å². The van der Waals surface area contributed by atoms with E-state index in [0.717, 1.165) is 16.8 Å². The summed E-state index contributed by atoms with van der Waals surface area (Å²) in [7, 11) is 0. The van der Waals surface area contributed by atoms with E-state index in [1.165, 1.54) is 0 Å². The van der Waals surface area contributed by atoms with Crippen LogP contribution in [0.1, 0.15) is 11.3 Å². The van der Waals surface area contributed by atoms with Crippen molar-refractivity contribution in [3.05, 3.63) is 66.5 Å². The monoisotopic (exact) mass is 224 g/mol. The molecule has 0 spiro atoms. The lowest BCUT2D eigenvalue weighted by molar-refractivity contribution is 0.764. The molecule has 0 saturated heterocycles. The number of pyridine rings is 1. The van der Waals surface area contributed by atoms with Crippen molar-refractivity contribution in [3.63, 3.8) is 0 Å². The summed E-state index contributed by atoms with van der Waals surface area (Å²) in [5, 5.41) is 9.17. The lowest BCUT2D eigenvalue weighted by atomic mass is 9.94. The second kappa shape index (κ2) is 6.44. The normalized spacial score (nSPS) is 12.6. The Morgan fingerprint density at radius 2 is 2.29 bits per heavy atom. The summed E-state index contributed by atoms with van der Waals surface area (Å²) in [6.45, 7) is 9.34. The molecule has 0 aromatic carbocycles. The Hall–Kier alpha value is -2.14. The van der Waals surface area contributed by atoms with Crippen LogP contribution in [-0.2, 0) is 6.42 Å². The molecule has 0 aliphatic rings. The maximum atomic E-state index is 9.17. The minimum Gasteiger partial charge on any atom is -0.261 e. The highest BCUT2D eigenvalue weighted by Gasteiger charge is 2.12. The van der Waals surface area contributed by atoms with E-state index in [1.54, 1.807) is 12.2 Å². The van der Waals surface area contributed by atoms with Crippen LogP contribution in [0.2, 0.25) is 0 Å². The van der Waals surface area contributed by atoms with E-state index >= 15 is 0 Å². The standard InChI is InChI=1S/C15H16N2/c1-4-6-13(5-2)14(10-16)9-15-8-7-12(3)11-17-15/h4-8,11,14H,1-2,9H2,3H3/b13-6+. The van der Waals surface area contributed by atoms with E-state index in [-0.39, 0.29) is 5.92 Å². The van der Waals surface area contributed by atoms with Crippen molar-refractivity contribution >= 4 is 0 Å². The van der Waals surface area contributed by atoms with Crippen molar-refractivity contribution in [2.24, 2.45) is 5.92 Å². The van der Waals surface area contributed by atoms with Gasteiger partial charge in [-0.25, -0.2) is 0 Å². The van der Waals surface area contributed by atoms with Crippen LogP contribution in [0.5, 0.6) is 0 Å². The topological polar surface area (TPSA) is 36.7 Å². The Morgan fingerprint density at radius 1 is 1.53 bits per heavy atom. The molecule has 2 nitrogen and oxygen atoms in total. The first-order valence-electron chi connectivity index (χ1n) is 5.47. The molecule has 0 amide bonds. The van der Waals surface area contributed by atoms with Crippen LogP contribution >= 0.6 is 0 Å². The molecule has 86 valence electrons. The third kappa shape index (κ3) is 3.73. The molecule has 0 radical (unpaired) electrons. The number of aromatic nitrogens is 1. The molecule has 1 aromatic rings. The molecule has 17 heavy (non-hydrogen) atoms. The van der Waals surface area contributed by atoms with Gasteiger partial charge < -0.3 is 0 Å². The molecule has 0 aliphatic carbocycles. The van der Waals surface area contributed by atoms with Gasteiger partial charge in [-0.15, -0.1) is 0 Å². The van der Waals surface area contributed by atoms with E-state index in [2.05, 4.69) is 24.2 Å². The third-order valence-corrected chi connectivity index (χ3v) is 2.49. The molecule has 1 aromatic heterocycles. The van der Waals surface area contributed by atoms with Crippen molar-refractivity contribution in [3.8, 4) is 6.07 Å². The van der Waals surface area contributed by atoms with E-state index in [9.17, 15) is 0 Å². The molecule has 0 aliphatic heterocycles. The van der Waals surface area contributed by atoms with Crippen molar-refractivity contribution in [1.82, 2.24) is 4.98 Å². The minimum absolute atomic E-state index is 0.222. The fourth-order valence-electron chi connectivity index (χ4n) is 1.53. The van der Waals surface area contributed by atoms with Crippen LogP contribution in [0.25, 0.3) is 0 Å². The Labute approximate surface area is 103 Å². The molecule has 1 unspecified atom stereocenters. The zero-order valence-corrected chi connectivity index (χ0v) is 10.1. The summed E-state index contributed by atoms with van der Waals surface area (Å²) in [6, 6.07) is 6.23. The summed E-state index contributed by atoms with van der Waals surface area (Å²) < 4.78 is 0. The fraction of sp³-hybridized carbons (Fsp3) is 0.200. The molecular formula is C15H16N2. The number of aryl methyl sites for hydroxylation is 1. The fourth-order valence-corrected chi connectivity index (χ4v) is 1.53. The molecule has 1 atom stereocenters. The van der Waals surface area contributed by atoms with Gasteiger partial charge in [-0.1, -0.05) is 37.5 Å². The van der Waals surface area contributed by atoms with Gasteiger partial charge in [0.25, 0.3) is 0 Å². The molecule has 0 N–H and O–H groups in total. The Morgan fingerprint density at radius 3 is 2.76 bits per heavy atom. The van der Waals surface area contributed by atoms with Crippen LogP contribution in [-0.4, -0.2) is 4.98 Å². The van der Waals surface area contributed by atoms with Gasteiger partial charge in [-0.3, -0.25) is 4.98 Å². The summed E-state index contributed by atoms with van der Waals surface area (Å²) in [5.74, 6) is -0.222. The van der Waals surface area contributed by atoms with Crippen LogP contribution < -0.4 is 0 Å². The van der Waals surface area contributed by atoms with Gasteiger partial charge in [-0.05, 0) is 24.1 Å². The zero-order valence-electron chi connectivity index (χ0n) is 10.1. The Kier molecular flexibility index (Phi) is 4.90. The first kappa shape index (κ1) is 12.9. The van der Waals surface area contributed by atoms with E-state index in [0.29, 0.717) is 6.42 Å². The van der Waals surface area contributed by atoms with Crippen molar-refractivity contribution < 1.29 is 0 Å². The van der Waals surface area contributed by atoms with E-state index in [1.807, 2.05) is 31.3 Å². The quantitative estimate of drug-likeness (QED) is 0.719. The SMILES string of the molecule is C=C/C=C(\C=C)C(C#N)Cc1ccc(C)cn1. The average molecular weight is 224 g/mol. The van der Waals surface area contributed by atoms with Gasteiger partial charge >= 0.3 is 0 Å². The molecule has 0 bridgehead atoms. The molecule has 1 rings (SSSR count). The van der Waals surface area contributed by atoms with Gasteiger partial charge in [0.15, 0.2) is 0 Å². The van der Waals surface area contributed by atoms with Crippen LogP contribution in [0.3, 0.4) is 0 Å². The number of allylic oxidation sites excluding steroid dienone is 4. The van der Waals surface area contributed by atoms with Crippen LogP contribution in [0.4, 0.5) is 0 Å². The lowest BCUT2D eigenvalue weighted by Crippen LogP contribution is -2.05. The largest absolute Gasteiger partial charge is 0.261 e. The lowest BCUT2D eigenvalue weighted by Gasteiger charge is -2.09. The van der Waals surface area contributed by atoms with E-state index in [4.69, 9.17) is 5.26 Å². The second-order valence-corrected chi connectivity index (χ2v) is 3.82. The maximum Gasteiger partial charge on any atom is 0.0767 e. The van der Waals surface area contributed by atoms with Crippen LogP contribution in [0, 0.1) is 24.2 Å². The van der Waals surface area contributed by atoms with Gasteiger partial charge in [-0.2, -0.15) is 5.26 Å². The predicted molar refractivity (Wildman–Crippen MR) is 70.3 cm³/mol. The molecule has 0 fully saturated rings. The predicted octanol–water partition coefficient (Wildman–Crippen LogP) is 3.37. The summed E-state index contributed by atoms with van der Waals surface area (Å²) in [6.07, 6.45) is 7.60. The number of rotatable bonds is 5. The maximum absolute atomic E-state index is 9.17. The summed E-state index contributed by atoms with van der Waals surface area (Å²) >= 11 is 0. The first-order valence-corrected chi connectivity index (χ1v) is 5.47. The molecule has 1 heterocycles. The van der Waals surface area contributed by atoms with Gasteiger partial charge in [0, 0.05) is 18.3 Å². The Balaban J connectivity index is 2.87. The van der Waals surface area contributed by atoms with Gasteiger partial charge in [0.2, 0.25) is 0 Å². The molecule has 2 heteroatoms. The van der Waals surface area contributed by atoms with Crippen molar-refractivity contribution in [1.29, 1.82) is 5.26 Å². The average Bonchev–Trinajstić information content (AvgIpc) is 2.36. The minimum atomic E-state index is -0.222. The van der Waals surface area contributed by atoms with Crippen molar-refractivity contribution in [2.75, 3.05) is 0 Å². The first-order chi connectivity index (χ1) is 8.21. The number of nitrogens with zero attached hydrogens (tertiary/aromatic N) is 2. The third-order valence-electron chi connectivity index (χ3n) is 2.49. The molecule has 0 saturated carbocycles. The summed E-state index contributed by atoms with van der Waals surface area (Å²) in [4.78, 5) is 4.30. The highest BCUT2D eigenvalue weighted by atomic mass is 14.7. The highest BCUT2D eigenvalue weighted by Crippen LogP contribution is 2.16. The van der Waals surface area contributed by atoms with Crippen LogP contribution in [0.15, 0.2) is 55.3 Å². The molecular weight excluding hydrogens is 208 g/mol. The van der Waals surface area contributed by atoms with Crippen molar-refractivity contribution in [2.45, 2.75) is 13.3 Å². The highest BCUT2D eigenvalue weighted by molar-refractivity contribution is 5.30. The smallest absolute Gasteiger partial charge is 0.0767 e. The number of hydrogen-bond acceptors (Lipinski definition) is 2. The van der Waals surface area contributed by atoms with Gasteiger partial charge in [0.1, 0.15) is 0 Å². The second-order valence-electron chi connectivity index (χ2n) is 3.82. The Bertz CT molecular complexity index is 461.